The summed E-state index contributed by atoms with van der Waals surface area (Å²) in [7, 11) is 0. The average Bonchev–Trinajstić information content (AvgIpc) is 3.10. The first-order chi connectivity index (χ1) is 16.0. The van der Waals surface area contributed by atoms with Crippen LogP contribution in [0.2, 0.25) is 0 Å². The number of imide groups is 1. The molecule has 0 unspecified atom stereocenters. The quantitative estimate of drug-likeness (QED) is 0.303. The fourth-order valence-electron chi connectivity index (χ4n) is 5.11. The molecule has 8 nitrogen and oxygen atoms in total. The third-order valence-electron chi connectivity index (χ3n) is 6.88. The molecule has 8 heteroatoms. The second kappa shape index (κ2) is 8.78. The normalized spacial score (nSPS) is 23.2. The number of hydrogen-bond donors (Lipinski definition) is 0. The summed E-state index contributed by atoms with van der Waals surface area (Å²) < 4.78 is 0. The van der Waals surface area contributed by atoms with E-state index in [4.69, 9.17) is 0 Å². The Morgan fingerprint density at radius 3 is 2.12 bits per heavy atom. The van der Waals surface area contributed by atoms with Crippen LogP contribution < -0.4 is 9.80 Å². The molecule has 2 atom stereocenters. The standard InChI is InChI=1S/C25H26N4O4/c30-24-20-8-4-5-9-21(20)25(31)28(24)19-10-11-22(23(16-19)29(32)33)27-14-12-26(13-15-27)17-18-6-2-1-3-7-18/h1-7,10-11,16,20-21H,8-9,12-15,17H2/t20-,21-/m0/s1. The lowest BCUT2D eigenvalue weighted by atomic mass is 9.85. The van der Waals surface area contributed by atoms with Gasteiger partial charge in [-0.15, -0.1) is 0 Å². The van der Waals surface area contributed by atoms with E-state index in [-0.39, 0.29) is 35.0 Å². The van der Waals surface area contributed by atoms with Crippen LogP contribution in [0.5, 0.6) is 0 Å². The lowest BCUT2D eigenvalue weighted by Crippen LogP contribution is -2.46. The zero-order valence-corrected chi connectivity index (χ0v) is 18.3. The molecule has 5 rings (SSSR count). The third kappa shape index (κ3) is 4.02. The maximum atomic E-state index is 12.9. The summed E-state index contributed by atoms with van der Waals surface area (Å²) in [4.78, 5) is 42.8. The van der Waals surface area contributed by atoms with Gasteiger partial charge in [-0.1, -0.05) is 42.5 Å². The number of piperazine rings is 1. The van der Waals surface area contributed by atoms with Gasteiger partial charge >= 0.3 is 0 Å². The van der Waals surface area contributed by atoms with Crippen molar-refractivity contribution < 1.29 is 14.5 Å². The molecule has 2 heterocycles. The Bertz CT molecular complexity index is 1080. The lowest BCUT2D eigenvalue weighted by molar-refractivity contribution is -0.384. The molecule has 0 bridgehead atoms. The number of anilines is 2. The SMILES string of the molecule is O=C1[C@H]2CC=CC[C@@H]2C(=O)N1c1ccc(N2CCN(Cc3ccccc3)CC2)c([N+](=O)[O-])c1. The number of carbonyl (C=O) groups excluding carboxylic acids is 2. The monoisotopic (exact) mass is 446 g/mol. The van der Waals surface area contributed by atoms with Crippen molar-refractivity contribution in [3.63, 3.8) is 0 Å². The van der Waals surface area contributed by atoms with Gasteiger partial charge in [0.1, 0.15) is 5.69 Å². The van der Waals surface area contributed by atoms with E-state index in [0.717, 1.165) is 24.5 Å². The van der Waals surface area contributed by atoms with Gasteiger partial charge in [0.2, 0.25) is 11.8 Å². The number of amides is 2. The van der Waals surface area contributed by atoms with Crippen LogP contribution >= 0.6 is 0 Å². The van der Waals surface area contributed by atoms with Crippen molar-refractivity contribution in [2.24, 2.45) is 11.8 Å². The fourth-order valence-corrected chi connectivity index (χ4v) is 5.11. The molecule has 33 heavy (non-hydrogen) atoms. The van der Waals surface area contributed by atoms with Crippen LogP contribution in [-0.2, 0) is 16.1 Å². The molecule has 2 fully saturated rings. The molecule has 0 aromatic heterocycles. The third-order valence-corrected chi connectivity index (χ3v) is 6.88. The number of rotatable bonds is 5. The Morgan fingerprint density at radius 2 is 1.52 bits per heavy atom. The molecule has 0 saturated carbocycles. The van der Waals surface area contributed by atoms with E-state index in [1.807, 2.05) is 35.3 Å². The van der Waals surface area contributed by atoms with E-state index in [9.17, 15) is 19.7 Å². The highest BCUT2D eigenvalue weighted by molar-refractivity contribution is 6.22. The lowest BCUT2D eigenvalue weighted by Gasteiger charge is -2.36. The number of carbonyl (C=O) groups is 2. The van der Waals surface area contributed by atoms with Gasteiger partial charge in [-0.25, -0.2) is 4.90 Å². The summed E-state index contributed by atoms with van der Waals surface area (Å²) >= 11 is 0. The van der Waals surface area contributed by atoms with E-state index in [2.05, 4.69) is 17.0 Å². The highest BCUT2D eigenvalue weighted by Gasteiger charge is 2.48. The summed E-state index contributed by atoms with van der Waals surface area (Å²) in [5.41, 5.74) is 1.99. The largest absolute Gasteiger partial charge is 0.363 e. The molecule has 1 aliphatic carbocycles. The van der Waals surface area contributed by atoms with Crippen molar-refractivity contribution in [1.29, 1.82) is 0 Å². The van der Waals surface area contributed by atoms with Crippen LogP contribution in [0, 0.1) is 22.0 Å². The van der Waals surface area contributed by atoms with Gasteiger partial charge < -0.3 is 4.90 Å². The van der Waals surface area contributed by atoms with E-state index >= 15 is 0 Å². The predicted molar refractivity (Wildman–Crippen MR) is 125 cm³/mol. The van der Waals surface area contributed by atoms with E-state index < -0.39 is 4.92 Å². The number of allylic oxidation sites excluding steroid dienone is 2. The molecule has 0 N–H and O–H groups in total. The molecule has 170 valence electrons. The Morgan fingerprint density at radius 1 is 0.879 bits per heavy atom. The molecule has 2 saturated heterocycles. The molecule has 2 aromatic rings. The number of fused-ring (bicyclic) bond motifs is 1. The molecule has 0 radical (unpaired) electrons. The molecular weight excluding hydrogens is 420 g/mol. The molecule has 2 aliphatic heterocycles. The first kappa shape index (κ1) is 21.3. The zero-order valence-electron chi connectivity index (χ0n) is 18.3. The Hall–Kier alpha value is -3.52. The van der Waals surface area contributed by atoms with Crippen LogP contribution in [0.1, 0.15) is 18.4 Å². The number of nitro benzene ring substituents is 1. The number of hydrogen-bond acceptors (Lipinski definition) is 6. The van der Waals surface area contributed by atoms with E-state index in [1.54, 1.807) is 12.1 Å². The molecule has 0 spiro atoms. The van der Waals surface area contributed by atoms with Crippen molar-refractivity contribution >= 4 is 28.9 Å². The summed E-state index contributed by atoms with van der Waals surface area (Å²) in [5, 5.41) is 11.9. The topological polar surface area (TPSA) is 87.0 Å². The minimum atomic E-state index is -0.422. The minimum absolute atomic E-state index is 0.0717. The van der Waals surface area contributed by atoms with Crippen LogP contribution in [0.25, 0.3) is 0 Å². The van der Waals surface area contributed by atoms with Crippen molar-refractivity contribution in [3.05, 3.63) is 76.4 Å². The van der Waals surface area contributed by atoms with E-state index in [0.29, 0.717) is 31.6 Å². The van der Waals surface area contributed by atoms with Gasteiger partial charge in [0.05, 0.1) is 22.4 Å². The minimum Gasteiger partial charge on any atom is -0.363 e. The molecular formula is C25H26N4O4. The smallest absolute Gasteiger partial charge is 0.294 e. The summed E-state index contributed by atoms with van der Waals surface area (Å²) in [6.45, 7) is 3.79. The first-order valence-electron chi connectivity index (χ1n) is 11.4. The molecule has 2 aromatic carbocycles. The van der Waals surface area contributed by atoms with Crippen LogP contribution in [0.15, 0.2) is 60.7 Å². The van der Waals surface area contributed by atoms with Crippen molar-refractivity contribution in [2.75, 3.05) is 36.0 Å². The average molecular weight is 447 g/mol. The Kier molecular flexibility index (Phi) is 5.68. The van der Waals surface area contributed by atoms with Crippen molar-refractivity contribution in [1.82, 2.24) is 4.90 Å². The highest BCUT2D eigenvalue weighted by atomic mass is 16.6. The number of nitro groups is 1. The number of nitrogens with zero attached hydrogens (tertiary/aromatic N) is 4. The zero-order chi connectivity index (χ0) is 22.9. The fraction of sp³-hybridized carbons (Fsp3) is 0.360. The van der Waals surface area contributed by atoms with Gasteiger partial charge in [0.25, 0.3) is 5.69 Å². The summed E-state index contributed by atoms with van der Waals surface area (Å²) in [6, 6.07) is 15.0. The summed E-state index contributed by atoms with van der Waals surface area (Å²) in [6.07, 6.45) is 4.94. The van der Waals surface area contributed by atoms with Gasteiger partial charge in [0, 0.05) is 38.8 Å². The van der Waals surface area contributed by atoms with Crippen LogP contribution in [0.4, 0.5) is 17.1 Å². The van der Waals surface area contributed by atoms with Crippen molar-refractivity contribution in [3.8, 4) is 0 Å². The Balaban J connectivity index is 1.33. The van der Waals surface area contributed by atoms with Gasteiger partial charge in [-0.2, -0.15) is 0 Å². The highest BCUT2D eigenvalue weighted by Crippen LogP contribution is 2.40. The first-order valence-corrected chi connectivity index (χ1v) is 11.4. The maximum Gasteiger partial charge on any atom is 0.294 e. The van der Waals surface area contributed by atoms with Gasteiger partial charge in [-0.3, -0.25) is 24.6 Å². The summed E-state index contributed by atoms with van der Waals surface area (Å²) in [5.74, 6) is -1.24. The molecule has 3 aliphatic rings. The second-order valence-electron chi connectivity index (χ2n) is 8.85. The second-order valence-corrected chi connectivity index (χ2v) is 8.85. The number of benzene rings is 2. The van der Waals surface area contributed by atoms with Crippen molar-refractivity contribution in [2.45, 2.75) is 19.4 Å². The van der Waals surface area contributed by atoms with Gasteiger partial charge in [-0.05, 0) is 30.5 Å². The maximum absolute atomic E-state index is 12.9. The van der Waals surface area contributed by atoms with Gasteiger partial charge in [0.15, 0.2) is 0 Å². The molecule has 2 amide bonds. The van der Waals surface area contributed by atoms with Crippen LogP contribution in [0.3, 0.4) is 0 Å². The van der Waals surface area contributed by atoms with Crippen LogP contribution in [-0.4, -0.2) is 47.8 Å². The Labute approximate surface area is 192 Å². The van der Waals surface area contributed by atoms with E-state index in [1.165, 1.54) is 11.6 Å². The predicted octanol–water partition coefficient (Wildman–Crippen LogP) is 3.37.